The van der Waals surface area contributed by atoms with Crippen LogP contribution >= 0.6 is 0 Å². The van der Waals surface area contributed by atoms with Crippen LogP contribution in [0, 0.1) is 11.8 Å². The molecule has 1 N–H and O–H groups in total. The maximum atomic E-state index is 13.2. The molecule has 6 heteroatoms. The fourth-order valence-corrected chi connectivity index (χ4v) is 3.57. The van der Waals surface area contributed by atoms with Crippen molar-refractivity contribution in [1.29, 1.82) is 0 Å². The van der Waals surface area contributed by atoms with Crippen molar-refractivity contribution in [3.05, 3.63) is 18.0 Å². The van der Waals surface area contributed by atoms with E-state index in [0.29, 0.717) is 19.3 Å². The third kappa shape index (κ3) is 3.99. The van der Waals surface area contributed by atoms with Gasteiger partial charge in [-0.25, -0.2) is 0 Å². The molecule has 2 rings (SSSR count). The Morgan fingerprint density at radius 1 is 1.38 bits per heavy atom. The molecule has 1 heterocycles. The van der Waals surface area contributed by atoms with Crippen molar-refractivity contribution in [3.8, 4) is 0 Å². The normalized spacial score (nSPS) is 25.0. The predicted octanol–water partition coefficient (Wildman–Crippen LogP) is 3.31. The second kappa shape index (κ2) is 6.81. The van der Waals surface area contributed by atoms with Gasteiger partial charge >= 0.3 is 6.18 Å². The third-order valence-electron chi connectivity index (χ3n) is 4.76. The van der Waals surface area contributed by atoms with Crippen LogP contribution in [0.5, 0.6) is 0 Å². The summed E-state index contributed by atoms with van der Waals surface area (Å²) in [5, 5.41) is 7.23. The van der Waals surface area contributed by atoms with Crippen LogP contribution < -0.4 is 5.32 Å². The third-order valence-corrected chi connectivity index (χ3v) is 4.76. The van der Waals surface area contributed by atoms with Crippen molar-refractivity contribution in [1.82, 2.24) is 15.1 Å². The first kappa shape index (κ1) is 16.3. The summed E-state index contributed by atoms with van der Waals surface area (Å²) < 4.78 is 41.5. The Labute approximate surface area is 123 Å². The van der Waals surface area contributed by atoms with E-state index in [1.165, 1.54) is 0 Å². The molecule has 1 aromatic heterocycles. The quantitative estimate of drug-likeness (QED) is 0.904. The van der Waals surface area contributed by atoms with Gasteiger partial charge in [0, 0.05) is 25.0 Å². The van der Waals surface area contributed by atoms with E-state index < -0.39 is 12.1 Å². The number of halogens is 3. The summed E-state index contributed by atoms with van der Waals surface area (Å²) in [5.41, 5.74) is 1.06. The molecule has 0 aliphatic heterocycles. The van der Waals surface area contributed by atoms with Crippen molar-refractivity contribution in [2.45, 2.75) is 50.7 Å². The maximum absolute atomic E-state index is 13.2. The van der Waals surface area contributed by atoms with E-state index in [1.54, 1.807) is 17.9 Å². The first-order valence-corrected chi connectivity index (χ1v) is 7.64. The first-order chi connectivity index (χ1) is 9.93. The zero-order chi connectivity index (χ0) is 15.5. The molecule has 0 amide bonds. The van der Waals surface area contributed by atoms with E-state index in [9.17, 15) is 13.2 Å². The highest BCUT2D eigenvalue weighted by molar-refractivity contribution is 5.01. The van der Waals surface area contributed by atoms with E-state index in [-0.39, 0.29) is 18.4 Å². The van der Waals surface area contributed by atoms with Crippen LogP contribution in [0.3, 0.4) is 0 Å². The van der Waals surface area contributed by atoms with Gasteiger partial charge in [-0.3, -0.25) is 4.68 Å². The van der Waals surface area contributed by atoms with Crippen LogP contribution in [0.2, 0.25) is 0 Å². The van der Waals surface area contributed by atoms with E-state index in [1.807, 2.05) is 13.1 Å². The zero-order valence-corrected chi connectivity index (χ0v) is 12.7. The number of aromatic nitrogens is 2. The van der Waals surface area contributed by atoms with E-state index in [0.717, 1.165) is 18.5 Å². The van der Waals surface area contributed by atoms with E-state index in [2.05, 4.69) is 10.4 Å². The first-order valence-electron chi connectivity index (χ1n) is 7.64. The summed E-state index contributed by atoms with van der Waals surface area (Å²) in [7, 11) is 3.64. The monoisotopic (exact) mass is 303 g/mol. The smallest absolute Gasteiger partial charge is 0.317 e. The number of hydrogen-bond donors (Lipinski definition) is 1. The largest absolute Gasteiger partial charge is 0.392 e. The fourth-order valence-electron chi connectivity index (χ4n) is 3.57. The average molecular weight is 303 g/mol. The van der Waals surface area contributed by atoms with Gasteiger partial charge in [-0.15, -0.1) is 0 Å². The highest BCUT2D eigenvalue weighted by Crippen LogP contribution is 2.43. The Morgan fingerprint density at radius 3 is 2.67 bits per heavy atom. The molecule has 0 aromatic carbocycles. The van der Waals surface area contributed by atoms with Gasteiger partial charge in [-0.1, -0.05) is 12.8 Å². The lowest BCUT2D eigenvalue weighted by molar-refractivity contribution is -0.199. The highest BCUT2D eigenvalue weighted by atomic mass is 19.4. The standard InChI is InChI=1S/C15H24F3N3/c1-19-14(8-7-11-9-10-20-21(11)2)12-5-3-4-6-13(12)15(16,17)18/h9-10,12-14,19H,3-8H2,1-2H3. The molecule has 1 saturated carbocycles. The molecular weight excluding hydrogens is 279 g/mol. The van der Waals surface area contributed by atoms with Crippen LogP contribution in [0.25, 0.3) is 0 Å². The van der Waals surface area contributed by atoms with Crippen molar-refractivity contribution in [2.24, 2.45) is 18.9 Å². The van der Waals surface area contributed by atoms with Gasteiger partial charge in [0.1, 0.15) is 0 Å². The Kier molecular flexibility index (Phi) is 5.30. The highest BCUT2D eigenvalue weighted by Gasteiger charge is 2.47. The predicted molar refractivity (Wildman–Crippen MR) is 75.9 cm³/mol. The summed E-state index contributed by atoms with van der Waals surface area (Å²) in [6.45, 7) is 0. The summed E-state index contributed by atoms with van der Waals surface area (Å²) in [6, 6.07) is 1.83. The molecule has 120 valence electrons. The minimum Gasteiger partial charge on any atom is -0.317 e. The van der Waals surface area contributed by atoms with Gasteiger partial charge in [0.25, 0.3) is 0 Å². The topological polar surface area (TPSA) is 29.9 Å². The Hall–Kier alpha value is -1.04. The molecule has 0 radical (unpaired) electrons. The molecule has 3 unspecified atom stereocenters. The molecule has 0 bridgehead atoms. The molecule has 1 aromatic rings. The lowest BCUT2D eigenvalue weighted by atomic mass is 9.73. The van der Waals surface area contributed by atoms with Gasteiger partial charge < -0.3 is 5.32 Å². The van der Waals surface area contributed by atoms with Gasteiger partial charge in [-0.05, 0) is 44.7 Å². The molecule has 1 aliphatic carbocycles. The molecular formula is C15H24F3N3. The second-order valence-corrected chi connectivity index (χ2v) is 5.98. The average Bonchev–Trinajstić information content (AvgIpc) is 2.84. The minimum atomic E-state index is -4.08. The van der Waals surface area contributed by atoms with Crippen LogP contribution in [-0.2, 0) is 13.5 Å². The molecule has 0 spiro atoms. The molecule has 1 fully saturated rings. The van der Waals surface area contributed by atoms with Gasteiger partial charge in [0.05, 0.1) is 5.92 Å². The van der Waals surface area contributed by atoms with Gasteiger partial charge in [0.2, 0.25) is 0 Å². The second-order valence-electron chi connectivity index (χ2n) is 5.98. The van der Waals surface area contributed by atoms with Crippen molar-refractivity contribution < 1.29 is 13.2 Å². The van der Waals surface area contributed by atoms with Gasteiger partial charge in [0.15, 0.2) is 0 Å². The number of hydrogen-bond acceptors (Lipinski definition) is 2. The van der Waals surface area contributed by atoms with Gasteiger partial charge in [-0.2, -0.15) is 18.3 Å². The van der Waals surface area contributed by atoms with Crippen molar-refractivity contribution in [3.63, 3.8) is 0 Å². The Bertz CT molecular complexity index is 442. The van der Waals surface area contributed by atoms with Crippen LogP contribution in [0.1, 0.15) is 37.8 Å². The zero-order valence-electron chi connectivity index (χ0n) is 12.7. The van der Waals surface area contributed by atoms with Crippen LogP contribution in [0.15, 0.2) is 12.3 Å². The fraction of sp³-hybridized carbons (Fsp3) is 0.800. The lowest BCUT2D eigenvalue weighted by Crippen LogP contribution is -2.44. The summed E-state index contributed by atoms with van der Waals surface area (Å²) >= 11 is 0. The molecule has 1 aliphatic rings. The van der Waals surface area contributed by atoms with E-state index in [4.69, 9.17) is 0 Å². The number of aryl methyl sites for hydroxylation is 2. The van der Waals surface area contributed by atoms with Crippen LogP contribution in [-0.4, -0.2) is 29.0 Å². The molecule has 0 saturated heterocycles. The number of rotatable bonds is 5. The summed E-state index contributed by atoms with van der Waals surface area (Å²) in [4.78, 5) is 0. The van der Waals surface area contributed by atoms with E-state index >= 15 is 0 Å². The number of alkyl halides is 3. The molecule has 3 nitrogen and oxygen atoms in total. The Balaban J connectivity index is 2.02. The Morgan fingerprint density at radius 2 is 2.10 bits per heavy atom. The van der Waals surface area contributed by atoms with Crippen molar-refractivity contribution in [2.75, 3.05) is 7.05 Å². The molecule has 3 atom stereocenters. The van der Waals surface area contributed by atoms with Crippen LogP contribution in [0.4, 0.5) is 13.2 Å². The minimum absolute atomic E-state index is 0.0909. The number of nitrogens with one attached hydrogen (secondary N) is 1. The maximum Gasteiger partial charge on any atom is 0.392 e. The number of nitrogens with zero attached hydrogens (tertiary/aromatic N) is 2. The summed E-state index contributed by atoms with van der Waals surface area (Å²) in [5.74, 6) is -1.47. The van der Waals surface area contributed by atoms with Crippen molar-refractivity contribution >= 4 is 0 Å². The lowest BCUT2D eigenvalue weighted by Gasteiger charge is -2.38. The summed E-state index contributed by atoms with van der Waals surface area (Å²) in [6.07, 6.45) is 1.66. The SMILES string of the molecule is CNC(CCc1ccnn1C)C1CCCCC1C(F)(F)F. The molecule has 21 heavy (non-hydrogen) atoms.